The first-order chi connectivity index (χ1) is 15.9. The van der Waals surface area contributed by atoms with Crippen LogP contribution in [0.4, 0.5) is 26.3 Å². The van der Waals surface area contributed by atoms with Crippen LogP contribution in [0.1, 0.15) is 51.7 Å². The number of hydrogen-bond acceptors (Lipinski definition) is 2. The van der Waals surface area contributed by atoms with Gasteiger partial charge in [0, 0.05) is 6.42 Å². The van der Waals surface area contributed by atoms with E-state index in [1.165, 1.54) is 19.1 Å². The van der Waals surface area contributed by atoms with Crippen molar-refractivity contribution in [1.29, 1.82) is 0 Å². The molecule has 0 saturated carbocycles. The summed E-state index contributed by atoms with van der Waals surface area (Å²) in [6.45, 7) is 6.21. The summed E-state index contributed by atoms with van der Waals surface area (Å²) in [5, 5.41) is 0. The first kappa shape index (κ1) is 28.7. The van der Waals surface area contributed by atoms with E-state index in [0.29, 0.717) is 18.1 Å². The lowest BCUT2D eigenvalue weighted by Crippen LogP contribution is -2.53. The summed E-state index contributed by atoms with van der Waals surface area (Å²) in [5.74, 6) is -5.99. The number of halogens is 7. The van der Waals surface area contributed by atoms with Crippen LogP contribution in [0.25, 0.3) is 0 Å². The summed E-state index contributed by atoms with van der Waals surface area (Å²) in [6, 6.07) is 8.56. The van der Waals surface area contributed by atoms with Crippen LogP contribution in [0.3, 0.4) is 0 Å². The lowest BCUT2D eigenvalue weighted by Gasteiger charge is -2.45. The molecular formula is C24H29BrF6O2Si. The van der Waals surface area contributed by atoms with Crippen molar-refractivity contribution in [1.82, 2.24) is 0 Å². The van der Waals surface area contributed by atoms with Crippen LogP contribution < -0.4 is 4.74 Å². The third kappa shape index (κ3) is 5.99. The SMILES string of the molecule is CC[Si](CC)(CC)OC(C)(c1ccc(F)cc1)C(F)(F)CCOc1c(C(F)F)ccc(Br)c1F. The number of rotatable bonds is 12. The van der Waals surface area contributed by atoms with Gasteiger partial charge in [0.05, 0.1) is 16.6 Å². The van der Waals surface area contributed by atoms with Gasteiger partial charge in [0.15, 0.2) is 19.9 Å². The Balaban J connectivity index is 2.40. The van der Waals surface area contributed by atoms with Crippen molar-refractivity contribution in [3.63, 3.8) is 0 Å². The van der Waals surface area contributed by atoms with Gasteiger partial charge in [-0.2, -0.15) is 0 Å². The summed E-state index contributed by atoms with van der Waals surface area (Å²) in [6.07, 6.45) is -3.98. The van der Waals surface area contributed by atoms with Gasteiger partial charge in [0.1, 0.15) is 11.4 Å². The van der Waals surface area contributed by atoms with Crippen molar-refractivity contribution in [2.24, 2.45) is 0 Å². The minimum Gasteiger partial charge on any atom is -0.490 e. The zero-order chi connectivity index (χ0) is 25.7. The highest BCUT2D eigenvalue weighted by Gasteiger charge is 2.55. The number of benzene rings is 2. The average molecular weight is 571 g/mol. The van der Waals surface area contributed by atoms with Crippen molar-refractivity contribution in [3.05, 3.63) is 63.6 Å². The quantitative estimate of drug-likeness (QED) is 0.187. The molecule has 0 aliphatic heterocycles. The summed E-state index contributed by atoms with van der Waals surface area (Å²) in [7, 11) is -2.58. The second-order valence-corrected chi connectivity index (χ2v) is 13.8. The Morgan fingerprint density at radius 1 is 0.941 bits per heavy atom. The molecule has 0 radical (unpaired) electrons. The Morgan fingerprint density at radius 3 is 2.00 bits per heavy atom. The van der Waals surface area contributed by atoms with Gasteiger partial charge in [-0.3, -0.25) is 0 Å². The van der Waals surface area contributed by atoms with E-state index in [4.69, 9.17) is 9.16 Å². The molecule has 34 heavy (non-hydrogen) atoms. The van der Waals surface area contributed by atoms with Crippen molar-refractivity contribution in [2.75, 3.05) is 6.61 Å². The largest absolute Gasteiger partial charge is 0.490 e. The molecule has 1 atom stereocenters. The monoisotopic (exact) mass is 570 g/mol. The standard InChI is InChI=1S/C24H29BrF6O2Si/c1-5-34(6-2,7-3)33-23(4,16-8-10-17(26)11-9-16)24(30,31)14-15-32-21-18(22(28)29)12-13-19(25)20(21)27/h8-13,22H,5-7,14-15H2,1-4H3. The smallest absolute Gasteiger partial charge is 0.282 e. The second-order valence-electron chi connectivity index (χ2n) is 8.27. The fourth-order valence-electron chi connectivity index (χ4n) is 3.90. The highest BCUT2D eigenvalue weighted by atomic mass is 79.9. The molecule has 0 amide bonds. The number of hydrogen-bond donors (Lipinski definition) is 0. The van der Waals surface area contributed by atoms with Gasteiger partial charge in [-0.15, -0.1) is 0 Å². The van der Waals surface area contributed by atoms with Gasteiger partial charge in [0.2, 0.25) is 0 Å². The van der Waals surface area contributed by atoms with E-state index in [0.717, 1.165) is 24.3 Å². The Hall–Kier alpha value is -1.52. The zero-order valence-electron chi connectivity index (χ0n) is 19.5. The summed E-state index contributed by atoms with van der Waals surface area (Å²) in [4.78, 5) is 0. The number of alkyl halides is 4. The van der Waals surface area contributed by atoms with Crippen LogP contribution in [0.15, 0.2) is 40.9 Å². The molecule has 0 fully saturated rings. The molecule has 0 aromatic heterocycles. The van der Waals surface area contributed by atoms with Gasteiger partial charge in [-0.05, 0) is 70.8 Å². The maximum atomic E-state index is 15.8. The first-order valence-corrected chi connectivity index (χ1v) is 14.4. The molecule has 190 valence electrons. The molecule has 0 N–H and O–H groups in total. The maximum Gasteiger partial charge on any atom is 0.282 e. The van der Waals surface area contributed by atoms with Crippen LogP contribution in [-0.2, 0) is 10.0 Å². The van der Waals surface area contributed by atoms with Crippen LogP contribution >= 0.6 is 15.9 Å². The van der Waals surface area contributed by atoms with Gasteiger partial charge in [-0.25, -0.2) is 26.3 Å². The lowest BCUT2D eigenvalue weighted by molar-refractivity contribution is -0.175. The molecule has 2 nitrogen and oxygen atoms in total. The van der Waals surface area contributed by atoms with E-state index in [1.807, 2.05) is 20.8 Å². The van der Waals surface area contributed by atoms with Gasteiger partial charge in [-0.1, -0.05) is 32.9 Å². The van der Waals surface area contributed by atoms with Crippen LogP contribution in [0, 0.1) is 11.6 Å². The number of ether oxygens (including phenoxy) is 1. The molecule has 2 rings (SSSR count). The van der Waals surface area contributed by atoms with Crippen molar-refractivity contribution < 1.29 is 35.5 Å². The van der Waals surface area contributed by atoms with Crippen molar-refractivity contribution >= 4 is 24.2 Å². The van der Waals surface area contributed by atoms with Crippen LogP contribution in [-0.4, -0.2) is 20.8 Å². The highest BCUT2D eigenvalue weighted by molar-refractivity contribution is 9.10. The summed E-state index contributed by atoms with van der Waals surface area (Å²) < 4.78 is 97.4. The van der Waals surface area contributed by atoms with Gasteiger partial charge in [0.25, 0.3) is 12.3 Å². The third-order valence-electron chi connectivity index (χ3n) is 6.42. The fourth-order valence-corrected chi connectivity index (χ4v) is 7.28. The molecule has 0 bridgehead atoms. The van der Waals surface area contributed by atoms with E-state index in [-0.39, 0.29) is 10.0 Å². The van der Waals surface area contributed by atoms with E-state index in [9.17, 15) is 17.6 Å². The van der Waals surface area contributed by atoms with Crippen LogP contribution in [0.2, 0.25) is 18.1 Å². The minimum absolute atomic E-state index is 0.0908. The molecule has 2 aromatic rings. The lowest BCUT2D eigenvalue weighted by atomic mass is 9.87. The second kappa shape index (κ2) is 11.5. The maximum absolute atomic E-state index is 15.8. The summed E-state index contributed by atoms with van der Waals surface area (Å²) in [5.41, 5.74) is -2.76. The zero-order valence-corrected chi connectivity index (χ0v) is 22.1. The Labute approximate surface area is 205 Å². The first-order valence-electron chi connectivity index (χ1n) is 11.1. The topological polar surface area (TPSA) is 18.5 Å². The van der Waals surface area contributed by atoms with E-state index >= 15 is 8.78 Å². The average Bonchev–Trinajstić information content (AvgIpc) is 2.80. The van der Waals surface area contributed by atoms with Crippen molar-refractivity contribution in [3.8, 4) is 5.75 Å². The van der Waals surface area contributed by atoms with Crippen molar-refractivity contribution in [2.45, 2.75) is 70.2 Å². The Kier molecular flexibility index (Phi) is 9.69. The molecule has 0 spiro atoms. The molecule has 2 aromatic carbocycles. The Bertz CT molecular complexity index is 945. The molecule has 0 aliphatic carbocycles. The minimum atomic E-state index is -3.55. The normalized spacial score (nSPS) is 14.4. The molecule has 0 saturated heterocycles. The molecule has 1 unspecified atom stereocenters. The molecular weight excluding hydrogens is 542 g/mol. The predicted octanol–water partition coefficient (Wildman–Crippen LogP) is 9.01. The molecule has 0 heterocycles. The van der Waals surface area contributed by atoms with Gasteiger partial charge < -0.3 is 9.16 Å². The Morgan fingerprint density at radius 2 is 1.50 bits per heavy atom. The van der Waals surface area contributed by atoms with E-state index < -0.39 is 62.2 Å². The summed E-state index contributed by atoms with van der Waals surface area (Å²) >= 11 is 2.89. The molecule has 10 heteroatoms. The van der Waals surface area contributed by atoms with E-state index in [1.54, 1.807) is 0 Å². The molecule has 0 aliphatic rings. The van der Waals surface area contributed by atoms with E-state index in [2.05, 4.69) is 15.9 Å². The highest BCUT2D eigenvalue weighted by Crippen LogP contribution is 2.47. The predicted molar refractivity (Wildman–Crippen MR) is 126 cm³/mol. The fraction of sp³-hybridized carbons (Fsp3) is 0.500. The van der Waals surface area contributed by atoms with Gasteiger partial charge >= 0.3 is 0 Å². The third-order valence-corrected chi connectivity index (χ3v) is 11.7. The van der Waals surface area contributed by atoms with Crippen LogP contribution in [0.5, 0.6) is 5.75 Å².